The second-order valence-corrected chi connectivity index (χ2v) is 9.84. The van der Waals surface area contributed by atoms with Crippen molar-refractivity contribution in [3.63, 3.8) is 0 Å². The van der Waals surface area contributed by atoms with Crippen molar-refractivity contribution in [2.24, 2.45) is 4.99 Å². The second-order valence-electron chi connectivity index (χ2n) is 6.04. The van der Waals surface area contributed by atoms with Gasteiger partial charge in [0.15, 0.2) is 15.0 Å². The SMILES string of the molecule is CCCCC(=O)N=C1S[C@H]2CS(=O)(=O)C[C@@H]2N1c1ccc(Cl)cc1. The molecule has 0 unspecified atom stereocenters. The van der Waals surface area contributed by atoms with Crippen LogP contribution in [0.15, 0.2) is 29.3 Å². The lowest BCUT2D eigenvalue weighted by atomic mass is 10.2. The summed E-state index contributed by atoms with van der Waals surface area (Å²) in [5.74, 6) is 0.0745. The van der Waals surface area contributed by atoms with E-state index in [1.807, 2.05) is 24.0 Å². The lowest BCUT2D eigenvalue weighted by molar-refractivity contribution is -0.117. The number of fused-ring (bicyclic) bond motifs is 1. The predicted molar refractivity (Wildman–Crippen MR) is 99.7 cm³/mol. The van der Waals surface area contributed by atoms with Gasteiger partial charge in [-0.15, -0.1) is 0 Å². The molecule has 0 bridgehead atoms. The topological polar surface area (TPSA) is 66.8 Å². The number of halogens is 1. The number of hydrogen-bond donors (Lipinski definition) is 0. The molecule has 8 heteroatoms. The van der Waals surface area contributed by atoms with Gasteiger partial charge in [-0.2, -0.15) is 4.99 Å². The molecule has 1 aromatic carbocycles. The maximum atomic E-state index is 12.1. The van der Waals surface area contributed by atoms with Crippen LogP contribution in [0.3, 0.4) is 0 Å². The molecule has 1 aromatic rings. The summed E-state index contributed by atoms with van der Waals surface area (Å²) in [5.41, 5.74) is 0.818. The minimum absolute atomic E-state index is 0.0802. The maximum absolute atomic E-state index is 12.1. The fourth-order valence-electron chi connectivity index (χ4n) is 2.96. The summed E-state index contributed by atoms with van der Waals surface area (Å²) in [6.45, 7) is 2.03. The van der Waals surface area contributed by atoms with E-state index < -0.39 is 9.84 Å². The van der Waals surface area contributed by atoms with Crippen LogP contribution >= 0.6 is 23.4 Å². The van der Waals surface area contributed by atoms with Crippen LogP contribution in [0.2, 0.25) is 5.02 Å². The Balaban J connectivity index is 1.92. The predicted octanol–water partition coefficient (Wildman–Crippen LogP) is 3.13. The number of aliphatic imine (C=N–C) groups is 1. The normalized spacial score (nSPS) is 26.8. The molecule has 0 spiro atoms. The number of benzene rings is 1. The zero-order chi connectivity index (χ0) is 17.3. The summed E-state index contributed by atoms with van der Waals surface area (Å²) in [5, 5.41) is 1.13. The van der Waals surface area contributed by atoms with E-state index in [4.69, 9.17) is 11.6 Å². The number of carbonyl (C=O) groups excluding carboxylic acids is 1. The average Bonchev–Trinajstić information content (AvgIpc) is 2.97. The highest BCUT2D eigenvalue weighted by Gasteiger charge is 2.49. The number of hydrogen-bond acceptors (Lipinski definition) is 4. The summed E-state index contributed by atoms with van der Waals surface area (Å²) in [4.78, 5) is 18.2. The molecule has 0 N–H and O–H groups in total. The lowest BCUT2D eigenvalue weighted by Gasteiger charge is -2.24. The van der Waals surface area contributed by atoms with Gasteiger partial charge in [-0.05, 0) is 30.7 Å². The van der Waals surface area contributed by atoms with Crippen LogP contribution in [-0.4, -0.2) is 42.3 Å². The smallest absolute Gasteiger partial charge is 0.248 e. The van der Waals surface area contributed by atoms with Gasteiger partial charge in [-0.25, -0.2) is 8.42 Å². The molecule has 0 radical (unpaired) electrons. The first kappa shape index (κ1) is 17.8. The number of nitrogens with zero attached hydrogens (tertiary/aromatic N) is 2. The molecular formula is C16H19ClN2O3S2. The van der Waals surface area contributed by atoms with Gasteiger partial charge in [0.1, 0.15) is 0 Å². The summed E-state index contributed by atoms with van der Waals surface area (Å²) in [6, 6.07) is 7.01. The Hall–Kier alpha value is -1.05. The molecule has 130 valence electrons. The molecule has 0 aliphatic carbocycles. The van der Waals surface area contributed by atoms with E-state index in [1.165, 1.54) is 11.8 Å². The van der Waals surface area contributed by atoms with Crippen molar-refractivity contribution < 1.29 is 13.2 Å². The Labute approximate surface area is 151 Å². The standard InChI is InChI=1S/C16H19ClN2O3S2/c1-2-3-4-15(20)18-16-19(12-7-5-11(17)6-8-12)13-9-24(21,22)10-14(13)23-16/h5-8,13-14H,2-4,9-10H2,1H3/t13-,14-/m0/s1. The first-order valence-corrected chi connectivity index (χ1v) is 11.0. The van der Waals surface area contributed by atoms with Crippen molar-refractivity contribution in [1.82, 2.24) is 0 Å². The van der Waals surface area contributed by atoms with Gasteiger partial charge < -0.3 is 4.90 Å². The molecule has 2 atom stereocenters. The van der Waals surface area contributed by atoms with Gasteiger partial charge in [0, 0.05) is 22.4 Å². The molecule has 2 heterocycles. The molecule has 2 aliphatic rings. The largest absolute Gasteiger partial charge is 0.316 e. The summed E-state index contributed by atoms with van der Waals surface area (Å²) in [7, 11) is -3.05. The summed E-state index contributed by atoms with van der Waals surface area (Å²) >= 11 is 7.34. The highest BCUT2D eigenvalue weighted by atomic mass is 35.5. The Morgan fingerprint density at radius 1 is 1.33 bits per heavy atom. The molecule has 5 nitrogen and oxygen atoms in total. The Bertz CT molecular complexity index is 762. The number of rotatable bonds is 4. The van der Waals surface area contributed by atoms with Gasteiger partial charge >= 0.3 is 0 Å². The molecule has 3 rings (SSSR count). The van der Waals surface area contributed by atoms with Crippen LogP contribution in [0.4, 0.5) is 5.69 Å². The number of amidine groups is 1. The van der Waals surface area contributed by atoms with Crippen molar-refractivity contribution in [3.8, 4) is 0 Å². The average molecular weight is 387 g/mol. The number of amides is 1. The van der Waals surface area contributed by atoms with Crippen LogP contribution in [0, 0.1) is 0 Å². The molecule has 24 heavy (non-hydrogen) atoms. The molecule has 0 aromatic heterocycles. The fraction of sp³-hybridized carbons (Fsp3) is 0.500. The second kappa shape index (κ2) is 7.06. The number of thioether (sulfide) groups is 1. The minimum Gasteiger partial charge on any atom is -0.316 e. The lowest BCUT2D eigenvalue weighted by Crippen LogP contribution is -2.37. The van der Waals surface area contributed by atoms with E-state index in [1.54, 1.807) is 12.1 Å². The minimum atomic E-state index is -3.05. The highest BCUT2D eigenvalue weighted by molar-refractivity contribution is 8.16. The van der Waals surface area contributed by atoms with Gasteiger partial charge in [0.2, 0.25) is 5.91 Å². The van der Waals surface area contributed by atoms with Crippen molar-refractivity contribution in [2.45, 2.75) is 37.5 Å². The molecule has 1 amide bonds. The van der Waals surface area contributed by atoms with E-state index >= 15 is 0 Å². The van der Waals surface area contributed by atoms with E-state index in [0.29, 0.717) is 16.6 Å². The van der Waals surface area contributed by atoms with Gasteiger partial charge in [-0.3, -0.25) is 4.79 Å². The third-order valence-electron chi connectivity index (χ3n) is 4.14. The van der Waals surface area contributed by atoms with Crippen molar-refractivity contribution >= 4 is 50.0 Å². The first-order valence-electron chi connectivity index (χ1n) is 7.93. The van der Waals surface area contributed by atoms with Gasteiger partial charge in [0.25, 0.3) is 0 Å². The monoisotopic (exact) mass is 386 g/mol. The zero-order valence-corrected chi connectivity index (χ0v) is 15.7. The third-order valence-corrected chi connectivity index (χ3v) is 7.60. The number of carbonyl (C=O) groups is 1. The molecule has 2 fully saturated rings. The summed E-state index contributed by atoms with van der Waals surface area (Å²) in [6.07, 6.45) is 2.17. The Morgan fingerprint density at radius 2 is 2.04 bits per heavy atom. The number of anilines is 1. The maximum Gasteiger partial charge on any atom is 0.248 e. The highest BCUT2D eigenvalue weighted by Crippen LogP contribution is 2.41. The van der Waals surface area contributed by atoms with Crippen LogP contribution in [0.25, 0.3) is 0 Å². The van der Waals surface area contributed by atoms with Crippen molar-refractivity contribution in [1.29, 1.82) is 0 Å². The van der Waals surface area contributed by atoms with E-state index in [9.17, 15) is 13.2 Å². The zero-order valence-electron chi connectivity index (χ0n) is 13.3. The summed E-state index contributed by atoms with van der Waals surface area (Å²) < 4.78 is 24.0. The van der Waals surface area contributed by atoms with E-state index in [2.05, 4.69) is 4.99 Å². The number of unbranched alkanes of at least 4 members (excludes halogenated alkanes) is 1. The number of sulfone groups is 1. The molecule has 2 saturated heterocycles. The van der Waals surface area contributed by atoms with Gasteiger partial charge in [-0.1, -0.05) is 36.7 Å². The van der Waals surface area contributed by atoms with Crippen LogP contribution in [0.5, 0.6) is 0 Å². The molecular weight excluding hydrogens is 368 g/mol. The first-order chi connectivity index (χ1) is 11.4. The van der Waals surface area contributed by atoms with Crippen LogP contribution in [0.1, 0.15) is 26.2 Å². The fourth-order valence-corrected chi connectivity index (χ4v) is 7.02. The van der Waals surface area contributed by atoms with E-state index in [0.717, 1.165) is 18.5 Å². The quantitative estimate of drug-likeness (QED) is 0.795. The Kier molecular flexibility index (Phi) is 5.22. The van der Waals surface area contributed by atoms with Crippen molar-refractivity contribution in [2.75, 3.05) is 16.4 Å². The van der Waals surface area contributed by atoms with Crippen molar-refractivity contribution in [3.05, 3.63) is 29.3 Å². The van der Waals surface area contributed by atoms with Gasteiger partial charge in [0.05, 0.1) is 17.5 Å². The van der Waals surface area contributed by atoms with Crippen LogP contribution < -0.4 is 4.90 Å². The molecule has 2 aliphatic heterocycles. The third kappa shape index (κ3) is 3.78. The van der Waals surface area contributed by atoms with Crippen LogP contribution in [-0.2, 0) is 14.6 Å². The Morgan fingerprint density at radius 3 is 2.71 bits per heavy atom. The molecule has 0 saturated carbocycles. The van der Waals surface area contributed by atoms with E-state index in [-0.39, 0.29) is 28.7 Å².